The van der Waals surface area contributed by atoms with E-state index in [0.717, 1.165) is 0 Å². The van der Waals surface area contributed by atoms with E-state index in [1.54, 1.807) is 48.5 Å². The van der Waals surface area contributed by atoms with Crippen LogP contribution in [-0.2, 0) is 0 Å². The lowest BCUT2D eigenvalue weighted by molar-refractivity contribution is 0.0696. The summed E-state index contributed by atoms with van der Waals surface area (Å²) in [5.41, 5.74) is 0.713. The minimum absolute atomic E-state index is 0.194. The molecule has 0 unspecified atom stereocenters. The summed E-state index contributed by atoms with van der Waals surface area (Å²) in [4.78, 5) is 22.9. The van der Waals surface area contributed by atoms with Gasteiger partial charge in [0, 0.05) is 0 Å². The van der Waals surface area contributed by atoms with Crippen molar-refractivity contribution in [1.82, 2.24) is 0 Å². The summed E-state index contributed by atoms with van der Waals surface area (Å²) in [6.07, 6.45) is 1.43. The van der Waals surface area contributed by atoms with Gasteiger partial charge in [0.15, 0.2) is 5.76 Å². The number of anilines is 1. The van der Waals surface area contributed by atoms with Crippen LogP contribution < -0.4 is 14.8 Å². The summed E-state index contributed by atoms with van der Waals surface area (Å²) < 4.78 is 16.3. The zero-order chi connectivity index (χ0) is 19.1. The van der Waals surface area contributed by atoms with Crippen LogP contribution in [0.2, 0.25) is 0 Å². The highest BCUT2D eigenvalue weighted by molar-refractivity contribution is 6.03. The molecule has 1 aromatic heterocycles. The molecule has 3 aromatic rings. The maximum absolute atomic E-state index is 12.1. The summed E-state index contributed by atoms with van der Waals surface area (Å²) in [7, 11) is 0. The third kappa shape index (κ3) is 4.88. The highest BCUT2D eigenvalue weighted by atomic mass is 16.5. The second-order valence-electron chi connectivity index (χ2n) is 5.45. The molecular formula is C20H17NO6. The Kier molecular flexibility index (Phi) is 5.73. The minimum Gasteiger partial charge on any atom is -0.490 e. The predicted octanol–water partition coefficient (Wildman–Crippen LogP) is 3.69. The number of furan rings is 1. The van der Waals surface area contributed by atoms with Gasteiger partial charge in [-0.25, -0.2) is 4.79 Å². The average molecular weight is 367 g/mol. The van der Waals surface area contributed by atoms with Gasteiger partial charge in [-0.3, -0.25) is 4.79 Å². The fourth-order valence-electron chi connectivity index (χ4n) is 2.29. The Bertz CT molecular complexity index is 902. The number of hydrogen-bond donors (Lipinski definition) is 2. The topological polar surface area (TPSA) is 98.0 Å². The van der Waals surface area contributed by atoms with E-state index in [2.05, 4.69) is 5.32 Å². The Balaban J connectivity index is 1.52. The van der Waals surface area contributed by atoms with E-state index >= 15 is 0 Å². The highest BCUT2D eigenvalue weighted by Gasteiger charge is 2.11. The van der Waals surface area contributed by atoms with Crippen LogP contribution in [0.5, 0.6) is 11.5 Å². The van der Waals surface area contributed by atoms with Crippen LogP contribution in [0.1, 0.15) is 20.9 Å². The summed E-state index contributed by atoms with van der Waals surface area (Å²) in [6.45, 7) is 0.501. The molecule has 0 spiro atoms. The largest absolute Gasteiger partial charge is 0.490 e. The molecule has 0 saturated heterocycles. The first-order valence-corrected chi connectivity index (χ1v) is 8.16. The lowest BCUT2D eigenvalue weighted by atomic mass is 10.2. The number of rotatable bonds is 8. The maximum Gasteiger partial charge on any atom is 0.335 e. The van der Waals surface area contributed by atoms with Gasteiger partial charge >= 0.3 is 5.97 Å². The number of hydrogen-bond acceptors (Lipinski definition) is 5. The first-order valence-electron chi connectivity index (χ1n) is 8.16. The quantitative estimate of drug-likeness (QED) is 0.589. The molecule has 0 aliphatic rings. The fourth-order valence-corrected chi connectivity index (χ4v) is 2.29. The first kappa shape index (κ1) is 18.1. The van der Waals surface area contributed by atoms with E-state index in [-0.39, 0.29) is 30.4 Å². The summed E-state index contributed by atoms with van der Waals surface area (Å²) in [5.74, 6) is -0.105. The molecule has 27 heavy (non-hydrogen) atoms. The van der Waals surface area contributed by atoms with Gasteiger partial charge in [-0.15, -0.1) is 0 Å². The molecule has 1 amide bonds. The van der Waals surface area contributed by atoms with Crippen LogP contribution in [0.3, 0.4) is 0 Å². The zero-order valence-corrected chi connectivity index (χ0v) is 14.3. The van der Waals surface area contributed by atoms with Gasteiger partial charge < -0.3 is 24.3 Å². The molecule has 0 aliphatic carbocycles. The number of benzene rings is 2. The molecule has 2 aromatic carbocycles. The van der Waals surface area contributed by atoms with Gasteiger partial charge in [0.2, 0.25) is 0 Å². The van der Waals surface area contributed by atoms with Crippen molar-refractivity contribution in [2.75, 3.05) is 18.5 Å². The molecule has 7 heteroatoms. The molecule has 7 nitrogen and oxygen atoms in total. The standard InChI is InChI=1S/C20H17NO6/c22-19(18-6-3-11-26-18)21-16-4-1-2-5-17(16)27-13-12-25-15-9-7-14(8-10-15)20(23)24/h1-11H,12-13H2,(H,21,22)(H,23,24). The summed E-state index contributed by atoms with van der Waals surface area (Å²) in [5, 5.41) is 11.6. The number of para-hydroxylation sites is 2. The van der Waals surface area contributed by atoms with Gasteiger partial charge in [0.1, 0.15) is 24.7 Å². The smallest absolute Gasteiger partial charge is 0.335 e. The first-order chi connectivity index (χ1) is 13.1. The van der Waals surface area contributed by atoms with E-state index in [4.69, 9.17) is 19.0 Å². The van der Waals surface area contributed by atoms with Crippen LogP contribution in [0.4, 0.5) is 5.69 Å². The van der Waals surface area contributed by atoms with Gasteiger partial charge in [-0.1, -0.05) is 12.1 Å². The average Bonchev–Trinajstić information content (AvgIpc) is 3.22. The SMILES string of the molecule is O=C(O)c1ccc(OCCOc2ccccc2NC(=O)c2ccco2)cc1. The molecule has 0 saturated carbocycles. The third-order valence-corrected chi connectivity index (χ3v) is 3.59. The number of carbonyl (C=O) groups excluding carboxylic acids is 1. The number of aromatic carboxylic acids is 1. The van der Waals surface area contributed by atoms with Crippen LogP contribution in [-0.4, -0.2) is 30.2 Å². The number of carboxylic acids is 1. The molecule has 0 atom stereocenters. The Morgan fingerprint density at radius 3 is 2.37 bits per heavy atom. The van der Waals surface area contributed by atoms with Crippen LogP contribution in [0, 0.1) is 0 Å². The van der Waals surface area contributed by atoms with Gasteiger partial charge in [-0.05, 0) is 48.5 Å². The van der Waals surface area contributed by atoms with Crippen molar-refractivity contribution in [3.05, 3.63) is 78.3 Å². The number of amides is 1. The van der Waals surface area contributed by atoms with E-state index in [0.29, 0.717) is 17.2 Å². The molecule has 2 N–H and O–H groups in total. The van der Waals surface area contributed by atoms with Crippen molar-refractivity contribution in [3.63, 3.8) is 0 Å². The fraction of sp³-hybridized carbons (Fsp3) is 0.100. The Labute approximate surface area is 155 Å². The molecule has 0 fully saturated rings. The third-order valence-electron chi connectivity index (χ3n) is 3.59. The number of carboxylic acid groups (broad SMARTS) is 1. The van der Waals surface area contributed by atoms with E-state index in [1.807, 2.05) is 0 Å². The number of nitrogens with one attached hydrogen (secondary N) is 1. The van der Waals surface area contributed by atoms with Crippen LogP contribution in [0.25, 0.3) is 0 Å². The van der Waals surface area contributed by atoms with Crippen molar-refractivity contribution < 1.29 is 28.6 Å². The van der Waals surface area contributed by atoms with Crippen molar-refractivity contribution in [3.8, 4) is 11.5 Å². The number of carbonyl (C=O) groups is 2. The van der Waals surface area contributed by atoms with Crippen LogP contribution >= 0.6 is 0 Å². The zero-order valence-electron chi connectivity index (χ0n) is 14.3. The molecule has 3 rings (SSSR count). The minimum atomic E-state index is -0.988. The van der Waals surface area contributed by atoms with Crippen molar-refractivity contribution in [2.24, 2.45) is 0 Å². The Morgan fingerprint density at radius 2 is 1.67 bits per heavy atom. The Morgan fingerprint density at radius 1 is 0.926 bits per heavy atom. The summed E-state index contributed by atoms with van der Waals surface area (Å²) in [6, 6.07) is 16.4. The molecule has 1 heterocycles. The van der Waals surface area contributed by atoms with E-state index < -0.39 is 5.97 Å². The molecule has 138 valence electrons. The van der Waals surface area contributed by atoms with Gasteiger partial charge in [0.05, 0.1) is 17.5 Å². The lowest BCUT2D eigenvalue weighted by Gasteiger charge is -2.12. The second kappa shape index (κ2) is 8.57. The number of ether oxygens (including phenoxy) is 2. The second-order valence-corrected chi connectivity index (χ2v) is 5.45. The van der Waals surface area contributed by atoms with E-state index in [1.165, 1.54) is 18.4 Å². The predicted molar refractivity (Wildman–Crippen MR) is 97.5 cm³/mol. The van der Waals surface area contributed by atoms with Gasteiger partial charge in [-0.2, -0.15) is 0 Å². The lowest BCUT2D eigenvalue weighted by Crippen LogP contribution is -2.14. The van der Waals surface area contributed by atoms with Crippen molar-refractivity contribution in [1.29, 1.82) is 0 Å². The van der Waals surface area contributed by atoms with E-state index in [9.17, 15) is 9.59 Å². The normalized spacial score (nSPS) is 10.2. The Hall–Kier alpha value is -3.74. The van der Waals surface area contributed by atoms with Crippen LogP contribution in [0.15, 0.2) is 71.3 Å². The highest BCUT2D eigenvalue weighted by Crippen LogP contribution is 2.24. The summed E-state index contributed by atoms with van der Waals surface area (Å²) >= 11 is 0. The molecule has 0 aliphatic heterocycles. The van der Waals surface area contributed by atoms with Crippen molar-refractivity contribution in [2.45, 2.75) is 0 Å². The molecule has 0 radical (unpaired) electrons. The monoisotopic (exact) mass is 367 g/mol. The van der Waals surface area contributed by atoms with Crippen molar-refractivity contribution >= 4 is 17.6 Å². The molecule has 0 bridgehead atoms. The molecular weight excluding hydrogens is 350 g/mol. The van der Waals surface area contributed by atoms with Gasteiger partial charge in [0.25, 0.3) is 5.91 Å². The maximum atomic E-state index is 12.1.